The molecule has 0 saturated carbocycles. The summed E-state index contributed by atoms with van der Waals surface area (Å²) in [5.41, 5.74) is 1.85. The van der Waals surface area contributed by atoms with Crippen LogP contribution in [0, 0.1) is 5.92 Å². The molecular weight excluding hydrogens is 338 g/mol. The molecule has 0 radical (unpaired) electrons. The molecule has 0 atom stereocenters. The summed E-state index contributed by atoms with van der Waals surface area (Å²) in [4.78, 5) is 16.2. The standard InChI is InChI=1S/C15H16BrNO2S/c1-9(2)7-12-14(15(18)19)20-13(17-12)8-10-3-5-11(16)6-4-10/h3-6,9H,7-8H2,1-2H3,(H,18,19). The van der Waals surface area contributed by atoms with Gasteiger partial charge in [-0.3, -0.25) is 0 Å². The Morgan fingerprint density at radius 2 is 2.00 bits per heavy atom. The van der Waals surface area contributed by atoms with E-state index in [0.717, 1.165) is 15.0 Å². The number of carboxylic acids is 1. The molecule has 0 bridgehead atoms. The number of carbonyl (C=O) groups is 1. The number of rotatable bonds is 5. The smallest absolute Gasteiger partial charge is 0.347 e. The molecule has 0 aliphatic rings. The lowest BCUT2D eigenvalue weighted by Gasteiger charge is -2.01. The molecule has 1 heterocycles. The van der Waals surface area contributed by atoms with Gasteiger partial charge < -0.3 is 5.11 Å². The molecular formula is C15H16BrNO2S. The monoisotopic (exact) mass is 353 g/mol. The van der Waals surface area contributed by atoms with E-state index in [1.807, 2.05) is 24.3 Å². The molecule has 0 amide bonds. The lowest BCUT2D eigenvalue weighted by atomic mass is 10.1. The number of hydrogen-bond donors (Lipinski definition) is 1. The third kappa shape index (κ3) is 3.90. The topological polar surface area (TPSA) is 50.2 Å². The molecule has 1 aromatic carbocycles. The lowest BCUT2D eigenvalue weighted by Crippen LogP contribution is -2.02. The Bertz CT molecular complexity index is 605. The number of carboxylic acid groups (broad SMARTS) is 1. The number of benzene rings is 1. The Hall–Kier alpha value is -1.20. The number of hydrogen-bond acceptors (Lipinski definition) is 3. The van der Waals surface area contributed by atoms with Crippen LogP contribution in [0.25, 0.3) is 0 Å². The number of aromatic nitrogens is 1. The van der Waals surface area contributed by atoms with Crippen LogP contribution in [0.3, 0.4) is 0 Å². The molecule has 0 aliphatic carbocycles. The van der Waals surface area contributed by atoms with E-state index in [1.165, 1.54) is 11.3 Å². The average Bonchev–Trinajstić information content (AvgIpc) is 2.74. The van der Waals surface area contributed by atoms with E-state index in [0.29, 0.717) is 29.3 Å². The van der Waals surface area contributed by atoms with Crippen molar-refractivity contribution < 1.29 is 9.90 Å². The van der Waals surface area contributed by atoms with Gasteiger partial charge in [-0.1, -0.05) is 41.9 Å². The van der Waals surface area contributed by atoms with Crippen LogP contribution < -0.4 is 0 Å². The summed E-state index contributed by atoms with van der Waals surface area (Å²) in [6, 6.07) is 8.01. The SMILES string of the molecule is CC(C)Cc1nc(Cc2ccc(Br)cc2)sc1C(=O)O. The number of halogens is 1. The fourth-order valence-corrected chi connectivity index (χ4v) is 3.17. The van der Waals surface area contributed by atoms with E-state index in [9.17, 15) is 9.90 Å². The third-order valence-corrected chi connectivity index (χ3v) is 4.42. The van der Waals surface area contributed by atoms with Crippen molar-refractivity contribution in [2.24, 2.45) is 5.92 Å². The van der Waals surface area contributed by atoms with Gasteiger partial charge in [-0.05, 0) is 30.0 Å². The van der Waals surface area contributed by atoms with Gasteiger partial charge in [-0.15, -0.1) is 11.3 Å². The second-order valence-corrected chi connectivity index (χ2v) is 7.09. The van der Waals surface area contributed by atoms with E-state index in [2.05, 4.69) is 34.8 Å². The largest absolute Gasteiger partial charge is 0.477 e. The molecule has 0 unspecified atom stereocenters. The highest BCUT2D eigenvalue weighted by Crippen LogP contribution is 2.24. The van der Waals surface area contributed by atoms with Gasteiger partial charge in [-0.2, -0.15) is 0 Å². The minimum Gasteiger partial charge on any atom is -0.477 e. The zero-order valence-electron chi connectivity index (χ0n) is 11.4. The first kappa shape index (κ1) is 15.2. The molecule has 0 fully saturated rings. The first-order chi connectivity index (χ1) is 9.45. The summed E-state index contributed by atoms with van der Waals surface area (Å²) < 4.78 is 1.03. The van der Waals surface area contributed by atoms with Gasteiger partial charge in [0.1, 0.15) is 4.88 Å². The third-order valence-electron chi connectivity index (χ3n) is 2.81. The van der Waals surface area contributed by atoms with Crippen molar-refractivity contribution in [3.63, 3.8) is 0 Å². The highest BCUT2D eigenvalue weighted by atomic mass is 79.9. The van der Waals surface area contributed by atoms with Crippen LogP contribution in [-0.4, -0.2) is 16.1 Å². The fraction of sp³-hybridized carbons (Fsp3) is 0.333. The van der Waals surface area contributed by atoms with Gasteiger partial charge in [0.05, 0.1) is 10.7 Å². The molecule has 0 saturated heterocycles. The molecule has 0 aliphatic heterocycles. The zero-order valence-corrected chi connectivity index (χ0v) is 13.8. The quantitative estimate of drug-likeness (QED) is 0.866. The maximum Gasteiger partial charge on any atom is 0.347 e. The summed E-state index contributed by atoms with van der Waals surface area (Å²) >= 11 is 4.69. The van der Waals surface area contributed by atoms with E-state index in [-0.39, 0.29) is 0 Å². The normalized spacial score (nSPS) is 11.0. The number of nitrogens with zero attached hydrogens (tertiary/aromatic N) is 1. The molecule has 0 spiro atoms. The molecule has 20 heavy (non-hydrogen) atoms. The number of aromatic carboxylic acids is 1. The molecule has 1 aromatic heterocycles. The van der Waals surface area contributed by atoms with Crippen molar-refractivity contribution in [1.82, 2.24) is 4.98 Å². The second-order valence-electron chi connectivity index (χ2n) is 5.09. The van der Waals surface area contributed by atoms with Gasteiger partial charge in [0.2, 0.25) is 0 Å². The summed E-state index contributed by atoms with van der Waals surface area (Å²) in [5, 5.41) is 10.1. The van der Waals surface area contributed by atoms with E-state index in [1.54, 1.807) is 0 Å². The molecule has 5 heteroatoms. The average molecular weight is 354 g/mol. The maximum absolute atomic E-state index is 11.3. The van der Waals surface area contributed by atoms with E-state index < -0.39 is 5.97 Å². The Morgan fingerprint density at radius 3 is 2.55 bits per heavy atom. The first-order valence-corrected chi connectivity index (χ1v) is 8.03. The van der Waals surface area contributed by atoms with Gasteiger partial charge in [-0.25, -0.2) is 9.78 Å². The second kappa shape index (κ2) is 6.50. The minimum absolute atomic E-state index is 0.380. The van der Waals surface area contributed by atoms with Crippen molar-refractivity contribution in [1.29, 1.82) is 0 Å². The predicted octanol–water partition coefficient (Wildman–Crippen LogP) is 4.39. The predicted molar refractivity (Wildman–Crippen MR) is 84.6 cm³/mol. The van der Waals surface area contributed by atoms with Gasteiger partial charge >= 0.3 is 5.97 Å². The summed E-state index contributed by atoms with van der Waals surface area (Å²) in [6.07, 6.45) is 1.38. The van der Waals surface area contributed by atoms with Crippen molar-refractivity contribution in [3.8, 4) is 0 Å². The Kier molecular flexibility index (Phi) is 4.94. The zero-order chi connectivity index (χ0) is 14.7. The van der Waals surface area contributed by atoms with Crippen LogP contribution in [0.5, 0.6) is 0 Å². The van der Waals surface area contributed by atoms with Crippen LogP contribution in [0.4, 0.5) is 0 Å². The molecule has 2 aromatic rings. The van der Waals surface area contributed by atoms with Crippen LogP contribution >= 0.6 is 27.3 Å². The van der Waals surface area contributed by atoms with Gasteiger partial charge in [0.15, 0.2) is 0 Å². The fourth-order valence-electron chi connectivity index (χ4n) is 1.95. The van der Waals surface area contributed by atoms with Crippen molar-refractivity contribution in [3.05, 3.63) is 49.9 Å². The summed E-state index contributed by atoms with van der Waals surface area (Å²) in [6.45, 7) is 4.14. The Morgan fingerprint density at radius 1 is 1.35 bits per heavy atom. The van der Waals surface area contributed by atoms with Crippen molar-refractivity contribution in [2.45, 2.75) is 26.7 Å². The number of thiazole rings is 1. The Labute approximate surface area is 130 Å². The molecule has 3 nitrogen and oxygen atoms in total. The highest BCUT2D eigenvalue weighted by Gasteiger charge is 2.18. The Balaban J connectivity index is 2.24. The molecule has 106 valence electrons. The van der Waals surface area contributed by atoms with Crippen LogP contribution in [0.1, 0.15) is 39.8 Å². The van der Waals surface area contributed by atoms with Crippen molar-refractivity contribution >= 4 is 33.2 Å². The van der Waals surface area contributed by atoms with Crippen LogP contribution in [0.2, 0.25) is 0 Å². The van der Waals surface area contributed by atoms with Crippen LogP contribution in [-0.2, 0) is 12.8 Å². The maximum atomic E-state index is 11.3. The highest BCUT2D eigenvalue weighted by molar-refractivity contribution is 9.10. The summed E-state index contributed by atoms with van der Waals surface area (Å²) in [7, 11) is 0. The van der Waals surface area contributed by atoms with Crippen LogP contribution in [0.15, 0.2) is 28.7 Å². The minimum atomic E-state index is -0.875. The van der Waals surface area contributed by atoms with Crippen molar-refractivity contribution in [2.75, 3.05) is 0 Å². The van der Waals surface area contributed by atoms with Gasteiger partial charge in [0.25, 0.3) is 0 Å². The van der Waals surface area contributed by atoms with E-state index >= 15 is 0 Å². The lowest BCUT2D eigenvalue weighted by molar-refractivity contribution is 0.0700. The summed E-state index contributed by atoms with van der Waals surface area (Å²) in [5.74, 6) is -0.476. The first-order valence-electron chi connectivity index (χ1n) is 6.42. The molecule has 2 rings (SSSR count). The van der Waals surface area contributed by atoms with E-state index in [4.69, 9.17) is 0 Å². The molecule has 1 N–H and O–H groups in total. The van der Waals surface area contributed by atoms with Gasteiger partial charge in [0, 0.05) is 10.9 Å².